The summed E-state index contributed by atoms with van der Waals surface area (Å²) in [5, 5.41) is 1.25. The van der Waals surface area contributed by atoms with Crippen LogP contribution in [-0.2, 0) is 12.8 Å². The van der Waals surface area contributed by atoms with Gasteiger partial charge in [-0.05, 0) is 71.8 Å². The molecule has 2 heterocycles. The van der Waals surface area contributed by atoms with Crippen molar-refractivity contribution in [2.24, 2.45) is 11.3 Å². The van der Waals surface area contributed by atoms with Crippen LogP contribution in [0.15, 0.2) is 36.4 Å². The Morgan fingerprint density at radius 3 is 2.55 bits per heavy atom. The fourth-order valence-corrected chi connectivity index (χ4v) is 6.51. The number of benzene rings is 1. The molecule has 2 heteroatoms. The number of rotatable bonds is 3. The maximum atomic E-state index is 5.42. The van der Waals surface area contributed by atoms with Crippen LogP contribution in [0.5, 0.6) is 0 Å². The second kappa shape index (κ2) is 6.14. The third kappa shape index (κ3) is 2.41. The number of aromatic nitrogens is 2. The van der Waals surface area contributed by atoms with Gasteiger partial charge < -0.3 is 0 Å². The van der Waals surface area contributed by atoms with Crippen LogP contribution in [0.2, 0.25) is 0 Å². The fourth-order valence-electron chi connectivity index (χ4n) is 6.51. The van der Waals surface area contributed by atoms with Gasteiger partial charge >= 0.3 is 0 Å². The predicted molar refractivity (Wildman–Crippen MR) is 119 cm³/mol. The smallest absolute Gasteiger partial charge is 0.0928 e. The van der Waals surface area contributed by atoms with Crippen molar-refractivity contribution in [1.29, 1.82) is 0 Å². The lowest BCUT2D eigenvalue weighted by molar-refractivity contribution is -0.0103. The molecule has 4 aliphatic rings. The van der Waals surface area contributed by atoms with E-state index in [1.54, 1.807) is 5.56 Å². The van der Waals surface area contributed by atoms with Crippen LogP contribution in [0.4, 0.5) is 0 Å². The van der Waals surface area contributed by atoms with E-state index >= 15 is 0 Å². The Morgan fingerprint density at radius 1 is 1.00 bits per heavy atom. The van der Waals surface area contributed by atoms with Crippen molar-refractivity contribution in [3.63, 3.8) is 0 Å². The minimum Gasteiger partial charge on any atom is -0.250 e. The zero-order chi connectivity index (χ0) is 19.8. The van der Waals surface area contributed by atoms with E-state index in [2.05, 4.69) is 57.2 Å². The topological polar surface area (TPSA) is 25.8 Å². The van der Waals surface area contributed by atoms with E-state index < -0.39 is 0 Å². The van der Waals surface area contributed by atoms with Crippen molar-refractivity contribution in [1.82, 2.24) is 9.97 Å². The van der Waals surface area contributed by atoms with Gasteiger partial charge in [0, 0.05) is 17.0 Å². The van der Waals surface area contributed by atoms with Crippen LogP contribution in [-0.4, -0.2) is 9.97 Å². The Morgan fingerprint density at radius 2 is 1.76 bits per heavy atom. The summed E-state index contributed by atoms with van der Waals surface area (Å²) >= 11 is 0. The van der Waals surface area contributed by atoms with Crippen LogP contribution in [0.1, 0.15) is 80.7 Å². The minimum absolute atomic E-state index is 0.433. The Balaban J connectivity index is 1.53. The molecule has 29 heavy (non-hydrogen) atoms. The SMILES string of the molecule is CCCC[C@H]1c2nc3c(cc2[C@H]2C[C@@H]1C2(C)C)CCc1cc2ccccc2nc1-3. The highest BCUT2D eigenvalue weighted by Gasteiger charge is 2.57. The molecule has 0 radical (unpaired) electrons. The lowest BCUT2D eigenvalue weighted by Gasteiger charge is -2.60. The zero-order valence-electron chi connectivity index (χ0n) is 17.8. The summed E-state index contributed by atoms with van der Waals surface area (Å²) in [4.78, 5) is 10.5. The van der Waals surface area contributed by atoms with Crippen LogP contribution in [0, 0.1) is 11.3 Å². The van der Waals surface area contributed by atoms with Gasteiger partial charge in [-0.25, -0.2) is 4.98 Å². The molecule has 0 spiro atoms. The van der Waals surface area contributed by atoms with E-state index in [0.717, 1.165) is 30.0 Å². The number of hydrogen-bond donors (Lipinski definition) is 0. The average Bonchev–Trinajstić information content (AvgIpc) is 2.74. The molecule has 1 fully saturated rings. The van der Waals surface area contributed by atoms with Gasteiger partial charge in [-0.2, -0.15) is 0 Å². The quantitative estimate of drug-likeness (QED) is 0.497. The van der Waals surface area contributed by atoms with Crippen molar-refractivity contribution < 1.29 is 0 Å². The molecule has 4 aliphatic carbocycles. The first-order valence-electron chi connectivity index (χ1n) is 11.5. The van der Waals surface area contributed by atoms with Gasteiger partial charge in [-0.3, -0.25) is 4.98 Å². The highest BCUT2D eigenvalue weighted by atomic mass is 14.8. The molecule has 0 N–H and O–H groups in total. The monoisotopic (exact) mass is 382 g/mol. The molecule has 1 aromatic carbocycles. The molecule has 1 saturated carbocycles. The summed E-state index contributed by atoms with van der Waals surface area (Å²) < 4.78 is 0. The van der Waals surface area contributed by atoms with Crippen LogP contribution in [0.25, 0.3) is 22.3 Å². The van der Waals surface area contributed by atoms with Gasteiger partial charge in [0.05, 0.1) is 16.9 Å². The van der Waals surface area contributed by atoms with E-state index in [1.807, 2.05) is 0 Å². The van der Waals surface area contributed by atoms with Crippen molar-refractivity contribution in [2.45, 2.75) is 71.1 Å². The highest BCUT2D eigenvalue weighted by molar-refractivity contribution is 5.84. The third-order valence-electron chi connectivity index (χ3n) is 8.28. The van der Waals surface area contributed by atoms with E-state index in [0.29, 0.717) is 17.3 Å². The molecule has 3 atom stereocenters. The standard InChI is InChI=1S/C27H30N2/c1-4-5-9-19-21-15-22(27(21,2)3)20-14-18-12-11-17-13-16-8-6-7-10-23(16)28-24(17)25(18)29-26(19)20/h6-8,10,13-14,19,21-22H,4-5,9,11-12,15H2,1-3H3/t19-,21+,22-/m1/s1. The van der Waals surface area contributed by atoms with Gasteiger partial charge in [0.25, 0.3) is 0 Å². The first-order valence-corrected chi connectivity index (χ1v) is 11.5. The van der Waals surface area contributed by atoms with E-state index in [9.17, 15) is 0 Å². The molecule has 0 amide bonds. The first-order chi connectivity index (χ1) is 14.1. The van der Waals surface area contributed by atoms with Crippen molar-refractivity contribution >= 4 is 10.9 Å². The molecule has 3 aromatic rings. The third-order valence-corrected chi connectivity index (χ3v) is 8.28. The molecule has 2 nitrogen and oxygen atoms in total. The lowest BCUT2D eigenvalue weighted by atomic mass is 9.44. The summed E-state index contributed by atoms with van der Waals surface area (Å²) in [5.41, 5.74) is 9.62. The van der Waals surface area contributed by atoms with Gasteiger partial charge in [0.1, 0.15) is 0 Å². The largest absolute Gasteiger partial charge is 0.250 e. The van der Waals surface area contributed by atoms with E-state index in [4.69, 9.17) is 9.97 Å². The molecule has 0 saturated heterocycles. The minimum atomic E-state index is 0.433. The maximum absolute atomic E-state index is 5.42. The maximum Gasteiger partial charge on any atom is 0.0928 e. The number of hydrogen-bond acceptors (Lipinski definition) is 2. The van der Waals surface area contributed by atoms with Crippen LogP contribution in [0.3, 0.4) is 0 Å². The van der Waals surface area contributed by atoms with Gasteiger partial charge in [-0.15, -0.1) is 0 Å². The first kappa shape index (κ1) is 17.6. The molecule has 2 aromatic heterocycles. The summed E-state index contributed by atoms with van der Waals surface area (Å²) in [5.74, 6) is 2.12. The van der Waals surface area contributed by atoms with Crippen molar-refractivity contribution in [3.05, 3.63) is 58.8 Å². The van der Waals surface area contributed by atoms with Crippen LogP contribution < -0.4 is 0 Å². The number of pyridine rings is 2. The van der Waals surface area contributed by atoms with Crippen molar-refractivity contribution in [2.75, 3.05) is 0 Å². The molecule has 0 aliphatic heterocycles. The zero-order valence-corrected chi connectivity index (χ0v) is 17.8. The number of para-hydroxylation sites is 1. The fraction of sp³-hybridized carbons (Fsp3) is 0.481. The second-order valence-electron chi connectivity index (χ2n) is 10.1. The van der Waals surface area contributed by atoms with E-state index in [-0.39, 0.29) is 0 Å². The summed E-state index contributed by atoms with van der Waals surface area (Å²) in [7, 11) is 0. The molecule has 0 unspecified atom stereocenters. The molecule has 2 bridgehead atoms. The molecule has 7 rings (SSSR count). The van der Waals surface area contributed by atoms with Crippen molar-refractivity contribution in [3.8, 4) is 11.4 Å². The van der Waals surface area contributed by atoms with Gasteiger partial charge in [0.15, 0.2) is 0 Å². The molecular weight excluding hydrogens is 352 g/mol. The summed E-state index contributed by atoms with van der Waals surface area (Å²) in [6.45, 7) is 7.30. The average molecular weight is 383 g/mol. The number of unbranched alkanes of at least 4 members (excludes halogenated alkanes) is 1. The van der Waals surface area contributed by atoms with Crippen LogP contribution >= 0.6 is 0 Å². The second-order valence-corrected chi connectivity index (χ2v) is 10.1. The highest BCUT2D eigenvalue weighted by Crippen LogP contribution is 2.67. The predicted octanol–water partition coefficient (Wildman–Crippen LogP) is 6.81. The Labute approximate surface area is 173 Å². The molecular formula is C27H30N2. The Hall–Kier alpha value is -2.22. The Kier molecular flexibility index (Phi) is 3.73. The van der Waals surface area contributed by atoms with Gasteiger partial charge in [0.2, 0.25) is 0 Å². The number of fused-ring (bicyclic) bond motifs is 4. The normalized spacial score (nSPS) is 25.7. The Bertz CT molecular complexity index is 1130. The van der Waals surface area contributed by atoms with E-state index in [1.165, 1.54) is 53.6 Å². The number of aryl methyl sites for hydroxylation is 2. The lowest BCUT2D eigenvalue weighted by Crippen LogP contribution is -2.50. The summed E-state index contributed by atoms with van der Waals surface area (Å²) in [6.07, 6.45) is 7.40. The molecule has 148 valence electrons. The summed E-state index contributed by atoms with van der Waals surface area (Å²) in [6, 6.07) is 13.4. The number of nitrogens with zero attached hydrogens (tertiary/aromatic N) is 2. The van der Waals surface area contributed by atoms with Gasteiger partial charge in [-0.1, -0.05) is 57.9 Å².